The van der Waals surface area contributed by atoms with Crippen molar-refractivity contribution in [3.8, 4) is 11.4 Å². The fourth-order valence-corrected chi connectivity index (χ4v) is 2.89. The molecule has 1 aromatic carbocycles. The minimum Gasteiger partial charge on any atom is -0.343 e. The number of aromatic amines is 1. The minimum atomic E-state index is -3.77. The molecule has 3 rings (SSSR count). The minimum absolute atomic E-state index is 0. The molecular weight excluding hydrogens is 304 g/mol. The van der Waals surface area contributed by atoms with Crippen molar-refractivity contribution in [2.45, 2.75) is 9.92 Å². The molecular formula is C11H9ClN4O3S. The van der Waals surface area contributed by atoms with Crippen LogP contribution in [0.2, 0.25) is 0 Å². The fourth-order valence-electron chi connectivity index (χ4n) is 1.62. The van der Waals surface area contributed by atoms with Crippen LogP contribution >= 0.6 is 12.4 Å². The molecule has 0 aliphatic heterocycles. The lowest BCUT2D eigenvalue weighted by Gasteiger charge is -2.00. The summed E-state index contributed by atoms with van der Waals surface area (Å²) in [5.74, 6) is 0. The first-order valence-corrected chi connectivity index (χ1v) is 6.79. The van der Waals surface area contributed by atoms with Gasteiger partial charge in [-0.25, -0.2) is 18.0 Å². The molecule has 0 spiro atoms. The largest absolute Gasteiger partial charge is 0.343 e. The van der Waals surface area contributed by atoms with Gasteiger partial charge in [-0.15, -0.1) is 12.4 Å². The van der Waals surface area contributed by atoms with E-state index in [0.29, 0.717) is 5.69 Å². The zero-order valence-corrected chi connectivity index (χ0v) is 11.6. The van der Waals surface area contributed by atoms with Gasteiger partial charge < -0.3 is 4.98 Å². The van der Waals surface area contributed by atoms with E-state index in [9.17, 15) is 8.42 Å². The Balaban J connectivity index is 0.00000147. The summed E-state index contributed by atoms with van der Waals surface area (Å²) in [6.45, 7) is 0. The van der Waals surface area contributed by atoms with Gasteiger partial charge in [-0.1, -0.05) is 18.2 Å². The van der Waals surface area contributed by atoms with Crippen molar-refractivity contribution in [3.05, 3.63) is 42.9 Å². The van der Waals surface area contributed by atoms with Crippen LogP contribution < -0.4 is 0 Å². The number of imidazole rings is 1. The number of sulfone groups is 1. The highest BCUT2D eigenvalue weighted by molar-refractivity contribution is 7.91. The summed E-state index contributed by atoms with van der Waals surface area (Å²) in [6.07, 6.45) is 2.87. The Morgan fingerprint density at radius 2 is 1.85 bits per heavy atom. The molecule has 0 atom stereocenters. The number of hydrogen-bond donors (Lipinski definition) is 1. The molecule has 1 N–H and O–H groups in total. The van der Waals surface area contributed by atoms with E-state index in [2.05, 4.69) is 24.9 Å². The topological polar surface area (TPSA) is 102 Å². The molecule has 0 unspecified atom stereocenters. The third-order valence-electron chi connectivity index (χ3n) is 2.52. The van der Waals surface area contributed by atoms with Gasteiger partial charge in [0.05, 0.1) is 23.1 Å². The Morgan fingerprint density at radius 3 is 2.50 bits per heavy atom. The van der Waals surface area contributed by atoms with Gasteiger partial charge in [-0.05, 0) is 22.4 Å². The molecule has 0 saturated carbocycles. The molecule has 0 fully saturated rings. The van der Waals surface area contributed by atoms with Crippen LogP contribution in [-0.2, 0) is 9.84 Å². The van der Waals surface area contributed by atoms with Gasteiger partial charge in [-0.3, -0.25) is 0 Å². The van der Waals surface area contributed by atoms with Gasteiger partial charge in [0, 0.05) is 0 Å². The third-order valence-corrected chi connectivity index (χ3v) is 4.19. The summed E-state index contributed by atoms with van der Waals surface area (Å²) >= 11 is 0. The number of benzene rings is 1. The Bertz CT molecular complexity index is 784. The lowest BCUT2D eigenvalue weighted by molar-refractivity contribution is 0.298. The summed E-state index contributed by atoms with van der Waals surface area (Å²) < 4.78 is 29.4. The summed E-state index contributed by atoms with van der Waals surface area (Å²) in [4.78, 5) is 6.71. The summed E-state index contributed by atoms with van der Waals surface area (Å²) in [5, 5.41) is 6.88. The second kappa shape index (κ2) is 5.43. The van der Waals surface area contributed by atoms with E-state index in [0.717, 1.165) is 0 Å². The highest BCUT2D eigenvalue weighted by atomic mass is 35.5. The molecule has 104 valence electrons. The van der Waals surface area contributed by atoms with E-state index in [4.69, 9.17) is 0 Å². The van der Waals surface area contributed by atoms with Crippen LogP contribution in [0.25, 0.3) is 11.4 Å². The predicted molar refractivity (Wildman–Crippen MR) is 71.0 cm³/mol. The summed E-state index contributed by atoms with van der Waals surface area (Å²) in [6, 6.07) is 7.98. The standard InChI is InChI=1S/C11H8N4O3S.ClH/c16-19(17,8-4-2-1-3-5-8)11-10(14-18-15-11)9-6-12-7-13-9;/h1-7H,(H,12,13);1H. The first-order chi connectivity index (χ1) is 9.19. The number of nitrogens with one attached hydrogen (secondary N) is 1. The van der Waals surface area contributed by atoms with Gasteiger partial charge >= 0.3 is 0 Å². The van der Waals surface area contributed by atoms with Crippen molar-refractivity contribution in [1.29, 1.82) is 0 Å². The average Bonchev–Trinajstić information content (AvgIpc) is 3.10. The maximum absolute atomic E-state index is 12.4. The first-order valence-electron chi connectivity index (χ1n) is 5.31. The van der Waals surface area contributed by atoms with Crippen molar-refractivity contribution in [3.63, 3.8) is 0 Å². The molecule has 2 heterocycles. The van der Waals surface area contributed by atoms with E-state index < -0.39 is 9.84 Å². The Morgan fingerprint density at radius 1 is 1.10 bits per heavy atom. The fraction of sp³-hybridized carbons (Fsp3) is 0. The molecule has 0 radical (unpaired) electrons. The van der Waals surface area contributed by atoms with E-state index in [1.807, 2.05) is 0 Å². The summed E-state index contributed by atoms with van der Waals surface area (Å²) in [7, 11) is -3.77. The molecule has 20 heavy (non-hydrogen) atoms. The highest BCUT2D eigenvalue weighted by Gasteiger charge is 2.28. The Labute approximate surface area is 120 Å². The van der Waals surface area contributed by atoms with Crippen molar-refractivity contribution in [2.24, 2.45) is 0 Å². The molecule has 0 aliphatic rings. The monoisotopic (exact) mass is 312 g/mol. The van der Waals surface area contributed by atoms with Gasteiger partial charge in [0.1, 0.15) is 0 Å². The van der Waals surface area contributed by atoms with Crippen molar-refractivity contribution in [2.75, 3.05) is 0 Å². The molecule has 0 amide bonds. The van der Waals surface area contributed by atoms with Crippen LogP contribution in [0.3, 0.4) is 0 Å². The second-order valence-electron chi connectivity index (χ2n) is 3.70. The van der Waals surface area contributed by atoms with Crippen LogP contribution in [-0.4, -0.2) is 28.7 Å². The second-order valence-corrected chi connectivity index (χ2v) is 5.56. The van der Waals surface area contributed by atoms with Gasteiger partial charge in [-0.2, -0.15) is 0 Å². The van der Waals surface area contributed by atoms with Crippen molar-refractivity contribution < 1.29 is 13.0 Å². The number of H-pyrrole nitrogens is 1. The molecule has 9 heteroatoms. The lowest BCUT2D eigenvalue weighted by Crippen LogP contribution is -2.04. The molecule has 0 saturated heterocycles. The Kier molecular flexibility index (Phi) is 3.86. The van der Waals surface area contributed by atoms with Crippen LogP contribution in [0, 0.1) is 0 Å². The zero-order valence-electron chi connectivity index (χ0n) is 9.92. The smallest absolute Gasteiger partial charge is 0.233 e. The number of halogens is 1. The maximum Gasteiger partial charge on any atom is 0.233 e. The molecule has 0 aliphatic carbocycles. The highest BCUT2D eigenvalue weighted by Crippen LogP contribution is 2.26. The number of rotatable bonds is 3. The third kappa shape index (κ3) is 2.30. The molecule has 3 aromatic rings. The molecule has 2 aromatic heterocycles. The number of nitrogens with zero attached hydrogens (tertiary/aromatic N) is 3. The number of hydrogen-bond acceptors (Lipinski definition) is 6. The van der Waals surface area contributed by atoms with Gasteiger partial charge in [0.2, 0.25) is 14.9 Å². The normalized spacial score (nSPS) is 11.0. The number of aromatic nitrogens is 4. The maximum atomic E-state index is 12.4. The Hall–Kier alpha value is -2.19. The van der Waals surface area contributed by atoms with Gasteiger partial charge in [0.25, 0.3) is 0 Å². The molecule has 0 bridgehead atoms. The average molecular weight is 313 g/mol. The van der Waals surface area contributed by atoms with Gasteiger partial charge in [0.15, 0.2) is 5.69 Å². The van der Waals surface area contributed by atoms with Crippen molar-refractivity contribution in [1.82, 2.24) is 20.3 Å². The first kappa shape index (κ1) is 14.2. The van der Waals surface area contributed by atoms with Crippen LogP contribution in [0.4, 0.5) is 0 Å². The quantitative estimate of drug-likeness (QED) is 0.790. The van der Waals surface area contributed by atoms with E-state index >= 15 is 0 Å². The van der Waals surface area contributed by atoms with E-state index in [1.54, 1.807) is 18.2 Å². The van der Waals surface area contributed by atoms with Crippen molar-refractivity contribution >= 4 is 22.2 Å². The molecule has 7 nitrogen and oxygen atoms in total. The van der Waals surface area contributed by atoms with Crippen LogP contribution in [0.5, 0.6) is 0 Å². The zero-order chi connectivity index (χ0) is 13.3. The summed E-state index contributed by atoms with van der Waals surface area (Å²) in [5.41, 5.74) is 0.539. The van der Waals surface area contributed by atoms with Crippen LogP contribution in [0.15, 0.2) is 57.4 Å². The predicted octanol–water partition coefficient (Wildman–Crippen LogP) is 1.71. The lowest BCUT2D eigenvalue weighted by atomic mass is 10.4. The SMILES string of the molecule is Cl.O=S(=O)(c1ccccc1)c1nonc1-c1cnc[nH]1. The van der Waals surface area contributed by atoms with Crippen LogP contribution in [0.1, 0.15) is 0 Å². The van der Waals surface area contributed by atoms with E-state index in [1.165, 1.54) is 24.7 Å². The van der Waals surface area contributed by atoms with E-state index in [-0.39, 0.29) is 28.0 Å².